The van der Waals surface area contributed by atoms with E-state index in [4.69, 9.17) is 14.0 Å². The Morgan fingerprint density at radius 1 is 0.921 bits per heavy atom. The highest BCUT2D eigenvalue weighted by Crippen LogP contribution is 2.33. The number of benzene rings is 2. The van der Waals surface area contributed by atoms with Crippen LogP contribution in [0.2, 0.25) is 0 Å². The van der Waals surface area contributed by atoms with E-state index in [9.17, 15) is 0 Å². The van der Waals surface area contributed by atoms with E-state index < -0.39 is 0 Å². The summed E-state index contributed by atoms with van der Waals surface area (Å²) in [6.45, 7) is 12.1. The molecule has 0 N–H and O–H groups in total. The standard InChI is InChI=1S/C30H46NO3P.C3H6/c1-30(2,3)17-8-10-26-12-13-27(32-4)22-29(26)31-18-14-25(15-19-31)23-34-28-11-7-9-24(21-28)16-20-35(6)33-5;1-2-3-1/h7,9,11-13,21-22,25H,8,10,14-20,23H2,1-6H3;1-3H2. The molecule has 2 aromatic carbocycles. The lowest BCUT2D eigenvalue weighted by Gasteiger charge is -2.35. The molecule has 212 valence electrons. The third kappa shape index (κ3) is 11.5. The van der Waals surface area contributed by atoms with Crippen molar-refractivity contribution in [2.75, 3.05) is 51.6 Å². The van der Waals surface area contributed by atoms with Crippen molar-refractivity contribution >= 4 is 13.8 Å². The molecule has 2 fully saturated rings. The summed E-state index contributed by atoms with van der Waals surface area (Å²) in [5.41, 5.74) is 4.52. The van der Waals surface area contributed by atoms with Crippen LogP contribution in [-0.4, -0.2) is 46.7 Å². The summed E-state index contributed by atoms with van der Waals surface area (Å²) in [7, 11) is 3.24. The van der Waals surface area contributed by atoms with Gasteiger partial charge >= 0.3 is 0 Å². The highest BCUT2D eigenvalue weighted by atomic mass is 31.1. The fourth-order valence-corrected chi connectivity index (χ4v) is 5.46. The van der Waals surface area contributed by atoms with Crippen molar-refractivity contribution in [1.29, 1.82) is 0 Å². The van der Waals surface area contributed by atoms with E-state index in [0.717, 1.165) is 63.0 Å². The van der Waals surface area contributed by atoms with E-state index in [0.29, 0.717) is 11.3 Å². The lowest BCUT2D eigenvalue weighted by Crippen LogP contribution is -2.36. The molecule has 0 aromatic heterocycles. The predicted molar refractivity (Wildman–Crippen MR) is 165 cm³/mol. The number of ether oxygens (including phenoxy) is 2. The van der Waals surface area contributed by atoms with Crippen LogP contribution in [0.5, 0.6) is 11.5 Å². The van der Waals surface area contributed by atoms with E-state index in [2.05, 4.69) is 74.8 Å². The second kappa shape index (κ2) is 15.7. The molecule has 5 heteroatoms. The Hall–Kier alpha value is -1.77. The number of aryl methyl sites for hydroxylation is 2. The van der Waals surface area contributed by atoms with E-state index in [1.54, 1.807) is 14.2 Å². The first-order valence-electron chi connectivity index (χ1n) is 14.7. The largest absolute Gasteiger partial charge is 0.497 e. The number of hydrogen-bond acceptors (Lipinski definition) is 4. The fourth-order valence-electron chi connectivity index (χ4n) is 4.71. The molecule has 0 radical (unpaired) electrons. The van der Waals surface area contributed by atoms with Gasteiger partial charge in [-0.15, -0.1) is 0 Å². The predicted octanol–water partition coefficient (Wildman–Crippen LogP) is 8.75. The zero-order valence-electron chi connectivity index (χ0n) is 24.9. The third-order valence-electron chi connectivity index (χ3n) is 7.39. The summed E-state index contributed by atoms with van der Waals surface area (Å²) in [5, 5.41) is 0. The monoisotopic (exact) mass is 541 g/mol. The minimum atomic E-state index is -0.322. The molecule has 2 aromatic rings. The summed E-state index contributed by atoms with van der Waals surface area (Å²) in [4.78, 5) is 2.56. The summed E-state index contributed by atoms with van der Waals surface area (Å²) in [5.74, 6) is 2.55. The summed E-state index contributed by atoms with van der Waals surface area (Å²) in [6, 6.07) is 15.2. The third-order valence-corrected chi connectivity index (χ3v) is 8.86. The fraction of sp³-hybridized carbons (Fsp3) is 0.636. The Balaban J connectivity index is 0.00000124. The number of nitrogens with zero attached hydrogens (tertiary/aromatic N) is 1. The smallest absolute Gasteiger partial charge is 0.120 e. The van der Waals surface area contributed by atoms with Crippen LogP contribution in [0.15, 0.2) is 42.5 Å². The van der Waals surface area contributed by atoms with Gasteiger partial charge in [-0.2, -0.15) is 0 Å². The zero-order chi connectivity index (χ0) is 27.4. The summed E-state index contributed by atoms with van der Waals surface area (Å²) in [6.07, 6.45) is 12.5. The van der Waals surface area contributed by atoms with Crippen molar-refractivity contribution in [3.8, 4) is 11.5 Å². The van der Waals surface area contributed by atoms with Gasteiger partial charge in [0.1, 0.15) is 11.5 Å². The molecule has 1 saturated carbocycles. The molecule has 38 heavy (non-hydrogen) atoms. The van der Waals surface area contributed by atoms with Crippen molar-refractivity contribution in [2.24, 2.45) is 11.3 Å². The van der Waals surface area contributed by atoms with Gasteiger partial charge in [0.05, 0.1) is 13.7 Å². The molecule has 4 nitrogen and oxygen atoms in total. The van der Waals surface area contributed by atoms with Crippen LogP contribution in [0.1, 0.15) is 76.8 Å². The van der Waals surface area contributed by atoms with Crippen LogP contribution in [0.3, 0.4) is 0 Å². The first kappa shape index (κ1) is 30.8. The van der Waals surface area contributed by atoms with E-state index in [1.807, 2.05) is 0 Å². The molecule has 0 spiro atoms. The van der Waals surface area contributed by atoms with Crippen molar-refractivity contribution in [2.45, 2.75) is 78.6 Å². The highest BCUT2D eigenvalue weighted by molar-refractivity contribution is 7.51. The number of rotatable bonds is 12. The van der Waals surface area contributed by atoms with Crippen LogP contribution in [0.4, 0.5) is 5.69 Å². The van der Waals surface area contributed by atoms with E-state index in [1.165, 1.54) is 48.9 Å². The zero-order valence-corrected chi connectivity index (χ0v) is 25.8. The Labute approximate surface area is 234 Å². The highest BCUT2D eigenvalue weighted by Gasteiger charge is 2.22. The average Bonchev–Trinajstić information content (AvgIpc) is 3.80. The van der Waals surface area contributed by atoms with Gasteiger partial charge in [0.2, 0.25) is 0 Å². The van der Waals surface area contributed by atoms with Gasteiger partial charge in [-0.3, -0.25) is 0 Å². The van der Waals surface area contributed by atoms with Crippen LogP contribution >= 0.6 is 8.15 Å². The SMILES string of the molecule is C1CC1.COc1ccc(CCCC(C)(C)C)c(N2CCC(COc3cccc(CCP(C)OC)c3)CC2)c1. The van der Waals surface area contributed by atoms with Crippen molar-refractivity contribution < 1.29 is 14.0 Å². The molecule has 2 aliphatic rings. The number of anilines is 1. The number of methoxy groups -OCH3 is 1. The first-order chi connectivity index (χ1) is 18.3. The maximum Gasteiger partial charge on any atom is 0.120 e. The normalized spacial score (nSPS) is 16.4. The van der Waals surface area contributed by atoms with Gasteiger partial charge in [0.15, 0.2) is 0 Å². The molecular formula is C33H52NO3P. The second-order valence-electron chi connectivity index (χ2n) is 12.1. The summed E-state index contributed by atoms with van der Waals surface area (Å²) < 4.78 is 17.2. The van der Waals surface area contributed by atoms with Crippen LogP contribution in [-0.2, 0) is 17.4 Å². The molecule has 1 aliphatic heterocycles. The van der Waals surface area contributed by atoms with Gasteiger partial charge in [-0.25, -0.2) is 0 Å². The van der Waals surface area contributed by atoms with Crippen LogP contribution in [0.25, 0.3) is 0 Å². The van der Waals surface area contributed by atoms with Gasteiger partial charge in [-0.05, 0) is 92.0 Å². The first-order valence-corrected chi connectivity index (χ1v) is 16.6. The maximum atomic E-state index is 6.24. The van der Waals surface area contributed by atoms with Crippen LogP contribution in [0, 0.1) is 11.3 Å². The van der Waals surface area contributed by atoms with Gasteiger partial charge < -0.3 is 18.9 Å². The van der Waals surface area contributed by atoms with Crippen LogP contribution < -0.4 is 14.4 Å². The van der Waals surface area contributed by atoms with Gasteiger partial charge in [-0.1, -0.05) is 58.2 Å². The van der Waals surface area contributed by atoms with Gasteiger partial charge in [0, 0.05) is 40.1 Å². The molecule has 0 amide bonds. The second-order valence-corrected chi connectivity index (χ2v) is 14.2. The molecule has 1 unspecified atom stereocenters. The van der Waals surface area contributed by atoms with E-state index in [-0.39, 0.29) is 8.15 Å². The quantitative estimate of drug-likeness (QED) is 0.251. The topological polar surface area (TPSA) is 30.9 Å². The van der Waals surface area contributed by atoms with Gasteiger partial charge in [0.25, 0.3) is 0 Å². The number of piperidine rings is 1. The molecule has 0 bridgehead atoms. The van der Waals surface area contributed by atoms with Crippen molar-refractivity contribution in [3.05, 3.63) is 53.6 Å². The molecular weight excluding hydrogens is 489 g/mol. The van der Waals surface area contributed by atoms with Crippen molar-refractivity contribution in [1.82, 2.24) is 0 Å². The minimum absolute atomic E-state index is 0.322. The van der Waals surface area contributed by atoms with Crippen molar-refractivity contribution in [3.63, 3.8) is 0 Å². The molecule has 1 saturated heterocycles. The van der Waals surface area contributed by atoms with E-state index >= 15 is 0 Å². The minimum Gasteiger partial charge on any atom is -0.497 e. The Morgan fingerprint density at radius 3 is 2.29 bits per heavy atom. The molecule has 4 rings (SSSR count). The number of hydrogen-bond donors (Lipinski definition) is 0. The Bertz CT molecular complexity index is 945. The maximum absolute atomic E-state index is 6.24. The lowest BCUT2D eigenvalue weighted by atomic mass is 9.88. The summed E-state index contributed by atoms with van der Waals surface area (Å²) >= 11 is 0. The molecule has 1 heterocycles. The Kier molecular flexibility index (Phi) is 12.7. The molecule has 1 aliphatic carbocycles. The Morgan fingerprint density at radius 2 is 1.66 bits per heavy atom. The lowest BCUT2D eigenvalue weighted by molar-refractivity contribution is 0.222. The average molecular weight is 542 g/mol. The molecule has 1 atom stereocenters.